The number of halogens is 2. The number of benzene rings is 1. The first-order valence-electron chi connectivity index (χ1n) is 10.2. The molecule has 0 fully saturated rings. The minimum atomic E-state index is -0.415. The molecule has 168 valence electrons. The average molecular weight is 494 g/mol. The van der Waals surface area contributed by atoms with Crippen LogP contribution in [0.1, 0.15) is 41.1 Å². The first kappa shape index (κ1) is 22.8. The van der Waals surface area contributed by atoms with E-state index in [0.717, 1.165) is 29.7 Å². The van der Waals surface area contributed by atoms with E-state index in [2.05, 4.69) is 22.2 Å². The van der Waals surface area contributed by atoms with E-state index in [4.69, 9.17) is 32.7 Å². The lowest BCUT2D eigenvalue weighted by Gasteiger charge is -2.18. The molecule has 1 atom stereocenters. The number of carbonyl (C=O) groups excluding carboxylic acids is 2. The van der Waals surface area contributed by atoms with Crippen molar-refractivity contribution in [2.45, 2.75) is 33.1 Å². The van der Waals surface area contributed by atoms with Crippen molar-refractivity contribution in [2.75, 3.05) is 18.5 Å². The lowest BCUT2D eigenvalue weighted by atomic mass is 9.88. The molecule has 1 aliphatic carbocycles. The van der Waals surface area contributed by atoms with Gasteiger partial charge in [-0.3, -0.25) is 4.79 Å². The van der Waals surface area contributed by atoms with Crippen LogP contribution in [0.15, 0.2) is 18.5 Å². The second kappa shape index (κ2) is 9.60. The lowest BCUT2D eigenvalue weighted by Crippen LogP contribution is -2.22. The first-order valence-corrected chi connectivity index (χ1v) is 11.8. The zero-order valence-corrected chi connectivity index (χ0v) is 19.9. The molecular formula is C22H21Cl2N3O4S. The van der Waals surface area contributed by atoms with E-state index in [0.29, 0.717) is 37.4 Å². The zero-order chi connectivity index (χ0) is 22.8. The van der Waals surface area contributed by atoms with Crippen LogP contribution in [0.5, 0.6) is 5.88 Å². The summed E-state index contributed by atoms with van der Waals surface area (Å²) in [6, 6.07) is 3.20. The third kappa shape index (κ3) is 4.67. The Morgan fingerprint density at radius 2 is 2.09 bits per heavy atom. The van der Waals surface area contributed by atoms with E-state index in [1.165, 1.54) is 17.7 Å². The van der Waals surface area contributed by atoms with Gasteiger partial charge in [-0.15, -0.1) is 11.3 Å². The number of amides is 1. The molecule has 1 amide bonds. The van der Waals surface area contributed by atoms with Gasteiger partial charge in [0.05, 0.1) is 28.1 Å². The number of thiophene rings is 1. The molecule has 0 radical (unpaired) electrons. The molecule has 2 heterocycles. The summed E-state index contributed by atoms with van der Waals surface area (Å²) in [5.41, 5.74) is 1.91. The molecule has 0 saturated heterocycles. The van der Waals surface area contributed by atoms with Crippen LogP contribution in [0.4, 0.5) is 5.00 Å². The Labute approximate surface area is 199 Å². The predicted molar refractivity (Wildman–Crippen MR) is 125 cm³/mol. The second-order valence-corrected chi connectivity index (χ2v) is 9.52. The van der Waals surface area contributed by atoms with Crippen molar-refractivity contribution < 1.29 is 19.1 Å². The number of anilines is 1. The molecule has 32 heavy (non-hydrogen) atoms. The van der Waals surface area contributed by atoms with Crippen molar-refractivity contribution in [3.05, 3.63) is 44.5 Å². The van der Waals surface area contributed by atoms with Gasteiger partial charge < -0.3 is 14.8 Å². The van der Waals surface area contributed by atoms with Crippen LogP contribution in [-0.2, 0) is 22.4 Å². The predicted octanol–water partition coefficient (Wildman–Crippen LogP) is 5.32. The molecule has 1 aromatic carbocycles. The molecule has 1 aliphatic rings. The summed E-state index contributed by atoms with van der Waals surface area (Å²) in [6.07, 6.45) is 3.98. The number of hydrogen-bond donors (Lipinski definition) is 1. The van der Waals surface area contributed by atoms with Gasteiger partial charge in [-0.25, -0.2) is 14.8 Å². The van der Waals surface area contributed by atoms with Gasteiger partial charge >= 0.3 is 5.97 Å². The second-order valence-electron chi connectivity index (χ2n) is 7.58. The van der Waals surface area contributed by atoms with Crippen molar-refractivity contribution in [1.82, 2.24) is 9.97 Å². The van der Waals surface area contributed by atoms with Crippen molar-refractivity contribution >= 4 is 62.3 Å². The normalized spacial score (nSPS) is 15.3. The number of esters is 1. The van der Waals surface area contributed by atoms with Gasteiger partial charge in [0.25, 0.3) is 5.91 Å². The van der Waals surface area contributed by atoms with Crippen molar-refractivity contribution in [3.63, 3.8) is 0 Å². The molecule has 7 nitrogen and oxygen atoms in total. The Bertz CT molecular complexity index is 1200. The maximum Gasteiger partial charge on any atom is 0.341 e. The summed E-state index contributed by atoms with van der Waals surface area (Å²) in [5, 5.41) is 4.59. The quantitative estimate of drug-likeness (QED) is 0.467. The van der Waals surface area contributed by atoms with Crippen molar-refractivity contribution in [1.29, 1.82) is 0 Å². The summed E-state index contributed by atoms with van der Waals surface area (Å²) in [6.45, 7) is 3.90. The summed E-state index contributed by atoms with van der Waals surface area (Å²) < 4.78 is 10.9. The number of rotatable bonds is 6. The van der Waals surface area contributed by atoms with Crippen LogP contribution >= 0.6 is 34.5 Å². The molecular weight excluding hydrogens is 473 g/mol. The maximum absolute atomic E-state index is 12.7. The SMILES string of the molecule is CCOC(=O)c1c(NC(=O)COc2ncnc3c(Cl)cc(Cl)cc23)sc2c1CC[C@@H](C)C2. The number of hydrogen-bond acceptors (Lipinski definition) is 7. The Morgan fingerprint density at radius 3 is 2.88 bits per heavy atom. The van der Waals surface area contributed by atoms with E-state index in [1.807, 2.05) is 0 Å². The van der Waals surface area contributed by atoms with Gasteiger partial charge in [0.1, 0.15) is 11.3 Å². The van der Waals surface area contributed by atoms with Crippen LogP contribution in [0.3, 0.4) is 0 Å². The van der Waals surface area contributed by atoms with Gasteiger partial charge in [0.15, 0.2) is 6.61 Å². The number of aromatic nitrogens is 2. The van der Waals surface area contributed by atoms with Crippen LogP contribution in [0, 0.1) is 5.92 Å². The highest BCUT2D eigenvalue weighted by Gasteiger charge is 2.29. The number of ether oxygens (including phenoxy) is 2. The van der Waals surface area contributed by atoms with Crippen LogP contribution in [0.2, 0.25) is 10.0 Å². The molecule has 0 spiro atoms. The Kier molecular flexibility index (Phi) is 6.83. The summed E-state index contributed by atoms with van der Waals surface area (Å²) >= 11 is 13.7. The molecule has 1 N–H and O–H groups in total. The highest BCUT2D eigenvalue weighted by atomic mass is 35.5. The first-order chi connectivity index (χ1) is 15.4. The van der Waals surface area contributed by atoms with Crippen LogP contribution in [-0.4, -0.2) is 35.1 Å². The monoisotopic (exact) mass is 493 g/mol. The topological polar surface area (TPSA) is 90.4 Å². The average Bonchev–Trinajstić information content (AvgIpc) is 3.09. The van der Waals surface area contributed by atoms with Crippen molar-refractivity contribution in [2.24, 2.45) is 5.92 Å². The molecule has 4 rings (SSSR count). The third-order valence-electron chi connectivity index (χ3n) is 5.20. The number of nitrogens with zero attached hydrogens (tertiary/aromatic N) is 2. The molecule has 10 heteroatoms. The van der Waals surface area contributed by atoms with Gasteiger partial charge in [-0.05, 0) is 49.8 Å². The molecule has 0 bridgehead atoms. The molecule has 0 aliphatic heterocycles. The largest absolute Gasteiger partial charge is 0.467 e. The Balaban J connectivity index is 1.54. The maximum atomic E-state index is 12.7. The number of fused-ring (bicyclic) bond motifs is 2. The fourth-order valence-electron chi connectivity index (χ4n) is 3.74. The van der Waals surface area contributed by atoms with Crippen LogP contribution in [0.25, 0.3) is 10.9 Å². The van der Waals surface area contributed by atoms with Gasteiger partial charge in [-0.1, -0.05) is 30.1 Å². The van der Waals surface area contributed by atoms with E-state index >= 15 is 0 Å². The molecule has 3 aromatic rings. The minimum Gasteiger partial charge on any atom is -0.467 e. The lowest BCUT2D eigenvalue weighted by molar-refractivity contribution is -0.118. The van der Waals surface area contributed by atoms with E-state index in [-0.39, 0.29) is 19.1 Å². The van der Waals surface area contributed by atoms with Gasteiger partial charge in [-0.2, -0.15) is 0 Å². The van der Waals surface area contributed by atoms with Crippen molar-refractivity contribution in [3.8, 4) is 5.88 Å². The number of nitrogens with one attached hydrogen (secondary N) is 1. The number of carbonyl (C=O) groups is 2. The smallest absolute Gasteiger partial charge is 0.341 e. The summed E-state index contributed by atoms with van der Waals surface area (Å²) in [4.78, 5) is 34.7. The van der Waals surface area contributed by atoms with E-state index in [1.54, 1.807) is 19.1 Å². The fraction of sp³-hybridized carbons (Fsp3) is 0.364. The van der Waals surface area contributed by atoms with E-state index in [9.17, 15) is 9.59 Å². The third-order valence-corrected chi connectivity index (χ3v) is 6.88. The van der Waals surface area contributed by atoms with Gasteiger partial charge in [0.2, 0.25) is 5.88 Å². The molecule has 0 saturated carbocycles. The van der Waals surface area contributed by atoms with E-state index < -0.39 is 11.9 Å². The molecule has 2 aromatic heterocycles. The minimum absolute atomic E-state index is 0.194. The van der Waals surface area contributed by atoms with Crippen LogP contribution < -0.4 is 10.1 Å². The van der Waals surface area contributed by atoms with Gasteiger partial charge in [0, 0.05) is 9.90 Å². The fourth-order valence-corrected chi connectivity index (χ4v) is 5.70. The standard InChI is InChI=1S/C22H21Cl2N3O4S/c1-3-30-22(29)18-13-5-4-11(2)6-16(13)32-21(18)27-17(28)9-31-20-14-7-12(23)8-15(24)19(14)25-10-26-20/h7-8,10-11H,3-6,9H2,1-2H3,(H,27,28)/t11-/m1/s1. The zero-order valence-electron chi connectivity index (χ0n) is 17.5. The summed E-state index contributed by atoms with van der Waals surface area (Å²) in [7, 11) is 0. The molecule has 0 unspecified atom stereocenters. The Morgan fingerprint density at radius 1 is 1.28 bits per heavy atom. The Hall–Kier alpha value is -2.42. The summed E-state index contributed by atoms with van der Waals surface area (Å²) in [5.74, 6) is -0.101. The highest BCUT2D eigenvalue weighted by molar-refractivity contribution is 7.17. The highest BCUT2D eigenvalue weighted by Crippen LogP contribution is 2.40.